The van der Waals surface area contributed by atoms with E-state index in [2.05, 4.69) is 10.6 Å². The van der Waals surface area contributed by atoms with Crippen LogP contribution in [0, 0.1) is 0 Å². The monoisotopic (exact) mass is 362 g/mol. The third-order valence-electron chi connectivity index (χ3n) is 3.51. The van der Waals surface area contributed by atoms with E-state index in [1.165, 1.54) is 7.05 Å². The molecule has 0 unspecified atom stereocenters. The molecular formula is C18H21ClN3O3+. The van der Waals surface area contributed by atoms with Gasteiger partial charge < -0.3 is 15.4 Å². The average molecular weight is 363 g/mol. The number of halogens is 1. The number of nitrogens with two attached hydrogens (primary N) is 1. The van der Waals surface area contributed by atoms with Crippen LogP contribution < -0.4 is 20.7 Å². The van der Waals surface area contributed by atoms with Crippen LogP contribution in [0.2, 0.25) is 5.02 Å². The van der Waals surface area contributed by atoms with Gasteiger partial charge in [-0.15, -0.1) is 0 Å². The number of carbonyl (C=O) groups excluding carboxylic acids is 2. The van der Waals surface area contributed by atoms with E-state index < -0.39 is 12.1 Å². The number of urea groups is 1. The maximum Gasteiger partial charge on any atom is 0.321 e. The molecule has 1 atom stereocenters. The standard InChI is InChI=1S/C18H20ClN3O3/c1-20-18(24)22-17(23)16(13-5-3-2-4-6-13)21-11-12-25-15-9-7-14(19)8-10-15/h2-10,16,21H,11-12H2,1H3,(H2,20,22,23,24)/p+1/t16-/m1/s1. The van der Waals surface area contributed by atoms with Gasteiger partial charge in [-0.05, 0) is 24.3 Å². The van der Waals surface area contributed by atoms with Gasteiger partial charge in [0.1, 0.15) is 18.9 Å². The van der Waals surface area contributed by atoms with Gasteiger partial charge in [0, 0.05) is 17.6 Å². The SMILES string of the molecule is CNC(=O)NC(=O)[C@H]([NH2+]CCOc1ccc(Cl)cc1)c1ccccc1. The van der Waals surface area contributed by atoms with Crippen LogP contribution >= 0.6 is 11.6 Å². The minimum absolute atomic E-state index is 0.378. The summed E-state index contributed by atoms with van der Waals surface area (Å²) in [5, 5.41) is 7.18. The summed E-state index contributed by atoms with van der Waals surface area (Å²) < 4.78 is 5.63. The topological polar surface area (TPSA) is 84.0 Å². The van der Waals surface area contributed by atoms with Crippen LogP contribution in [0.1, 0.15) is 11.6 Å². The number of amides is 3. The second-order valence-corrected chi connectivity index (χ2v) is 5.72. The molecule has 132 valence electrons. The Hall–Kier alpha value is -2.57. The van der Waals surface area contributed by atoms with Gasteiger partial charge in [0.15, 0.2) is 6.04 Å². The lowest BCUT2D eigenvalue weighted by Crippen LogP contribution is -2.88. The Morgan fingerprint density at radius 3 is 2.44 bits per heavy atom. The van der Waals surface area contributed by atoms with Gasteiger partial charge in [0.05, 0.1) is 0 Å². The summed E-state index contributed by atoms with van der Waals surface area (Å²) in [4.78, 5) is 23.8. The lowest BCUT2D eigenvalue weighted by atomic mass is 10.1. The molecule has 0 aliphatic heterocycles. The van der Waals surface area contributed by atoms with E-state index in [1.54, 1.807) is 24.3 Å². The fourth-order valence-corrected chi connectivity index (χ4v) is 2.38. The number of hydrogen-bond donors (Lipinski definition) is 3. The van der Waals surface area contributed by atoms with Crippen molar-refractivity contribution in [2.75, 3.05) is 20.2 Å². The number of hydrogen-bond acceptors (Lipinski definition) is 3. The molecule has 25 heavy (non-hydrogen) atoms. The average Bonchev–Trinajstić information content (AvgIpc) is 2.63. The molecule has 2 rings (SSSR count). The van der Waals surface area contributed by atoms with E-state index >= 15 is 0 Å². The Morgan fingerprint density at radius 1 is 1.12 bits per heavy atom. The minimum atomic E-state index is -0.535. The lowest BCUT2D eigenvalue weighted by Gasteiger charge is -2.15. The van der Waals surface area contributed by atoms with E-state index in [0.29, 0.717) is 23.9 Å². The van der Waals surface area contributed by atoms with E-state index in [9.17, 15) is 9.59 Å². The van der Waals surface area contributed by atoms with Crippen LogP contribution in [-0.4, -0.2) is 32.1 Å². The van der Waals surface area contributed by atoms with Crippen molar-refractivity contribution in [2.24, 2.45) is 0 Å². The molecule has 0 saturated carbocycles. The second kappa shape index (κ2) is 9.66. The Balaban J connectivity index is 1.92. The van der Waals surface area contributed by atoms with Crippen molar-refractivity contribution < 1.29 is 19.6 Å². The van der Waals surface area contributed by atoms with Crippen molar-refractivity contribution in [1.29, 1.82) is 0 Å². The summed E-state index contributed by atoms with van der Waals surface area (Å²) in [6.07, 6.45) is 0. The molecule has 7 heteroatoms. The summed E-state index contributed by atoms with van der Waals surface area (Å²) >= 11 is 5.83. The van der Waals surface area contributed by atoms with E-state index in [4.69, 9.17) is 16.3 Å². The van der Waals surface area contributed by atoms with Gasteiger partial charge in [-0.25, -0.2) is 4.79 Å². The highest BCUT2D eigenvalue weighted by atomic mass is 35.5. The Kier molecular flexibility index (Phi) is 7.25. The van der Waals surface area contributed by atoms with Crippen LogP contribution in [0.25, 0.3) is 0 Å². The maximum atomic E-state index is 12.4. The zero-order valence-electron chi connectivity index (χ0n) is 13.9. The highest BCUT2D eigenvalue weighted by Crippen LogP contribution is 2.15. The molecule has 0 saturated heterocycles. The molecule has 2 aromatic rings. The Bertz CT molecular complexity index is 692. The predicted octanol–water partition coefficient (Wildman–Crippen LogP) is 1.48. The van der Waals surface area contributed by atoms with Crippen LogP contribution in [0.4, 0.5) is 4.79 Å². The highest BCUT2D eigenvalue weighted by Gasteiger charge is 2.25. The van der Waals surface area contributed by atoms with Gasteiger partial charge in [0.25, 0.3) is 5.91 Å². The quantitative estimate of drug-likeness (QED) is 0.652. The molecule has 0 aliphatic rings. The fourth-order valence-electron chi connectivity index (χ4n) is 2.25. The number of benzene rings is 2. The van der Waals surface area contributed by atoms with Crippen LogP contribution in [0.15, 0.2) is 54.6 Å². The normalized spacial score (nSPS) is 11.4. The summed E-state index contributed by atoms with van der Waals surface area (Å²) in [5.41, 5.74) is 0.815. The van der Waals surface area contributed by atoms with E-state index in [1.807, 2.05) is 35.6 Å². The molecule has 0 bridgehead atoms. The van der Waals surface area contributed by atoms with E-state index in [-0.39, 0.29) is 5.91 Å². The maximum absolute atomic E-state index is 12.4. The molecule has 0 spiro atoms. The van der Waals surface area contributed by atoms with Crippen molar-refractivity contribution >= 4 is 23.5 Å². The number of carbonyl (C=O) groups is 2. The third kappa shape index (κ3) is 6.10. The van der Waals surface area contributed by atoms with E-state index in [0.717, 1.165) is 5.56 Å². The lowest BCUT2D eigenvalue weighted by molar-refractivity contribution is -0.683. The molecule has 4 N–H and O–H groups in total. The molecule has 0 aliphatic carbocycles. The first kappa shape index (κ1) is 18.8. The molecule has 0 radical (unpaired) electrons. The van der Waals surface area contributed by atoms with Crippen molar-refractivity contribution in [3.05, 3.63) is 65.2 Å². The fraction of sp³-hybridized carbons (Fsp3) is 0.222. The molecule has 2 aromatic carbocycles. The summed E-state index contributed by atoms with van der Waals surface area (Å²) in [5.74, 6) is 0.334. The first-order chi connectivity index (χ1) is 12.1. The second-order valence-electron chi connectivity index (χ2n) is 5.28. The van der Waals surface area contributed by atoms with Crippen LogP contribution in [-0.2, 0) is 4.79 Å². The first-order valence-corrected chi connectivity index (χ1v) is 8.27. The van der Waals surface area contributed by atoms with Crippen molar-refractivity contribution in [3.8, 4) is 5.75 Å². The van der Waals surface area contributed by atoms with Crippen molar-refractivity contribution in [1.82, 2.24) is 10.6 Å². The largest absolute Gasteiger partial charge is 0.488 e. The Labute approximate surface area is 151 Å². The van der Waals surface area contributed by atoms with Crippen LogP contribution in [0.5, 0.6) is 5.75 Å². The number of ether oxygens (including phenoxy) is 1. The van der Waals surface area contributed by atoms with Gasteiger partial charge >= 0.3 is 6.03 Å². The predicted molar refractivity (Wildman–Crippen MR) is 95.5 cm³/mol. The minimum Gasteiger partial charge on any atom is -0.488 e. The smallest absolute Gasteiger partial charge is 0.321 e. The van der Waals surface area contributed by atoms with Gasteiger partial charge in [-0.3, -0.25) is 10.1 Å². The van der Waals surface area contributed by atoms with Crippen LogP contribution in [0.3, 0.4) is 0 Å². The third-order valence-corrected chi connectivity index (χ3v) is 3.76. The first-order valence-electron chi connectivity index (χ1n) is 7.89. The number of nitrogens with one attached hydrogen (secondary N) is 2. The Morgan fingerprint density at radius 2 is 1.80 bits per heavy atom. The zero-order valence-corrected chi connectivity index (χ0v) is 14.6. The molecule has 3 amide bonds. The molecule has 0 heterocycles. The molecule has 6 nitrogen and oxygen atoms in total. The van der Waals surface area contributed by atoms with Gasteiger partial charge in [-0.2, -0.15) is 0 Å². The van der Waals surface area contributed by atoms with Crippen molar-refractivity contribution in [2.45, 2.75) is 6.04 Å². The molecule has 0 aromatic heterocycles. The summed E-state index contributed by atoms with van der Waals surface area (Å²) in [7, 11) is 1.46. The number of rotatable bonds is 7. The van der Waals surface area contributed by atoms with Gasteiger partial charge in [-0.1, -0.05) is 41.9 Å². The highest BCUT2D eigenvalue weighted by molar-refractivity contribution is 6.30. The van der Waals surface area contributed by atoms with Gasteiger partial charge in [0.2, 0.25) is 0 Å². The summed E-state index contributed by atoms with van der Waals surface area (Å²) in [6.45, 7) is 0.960. The summed E-state index contributed by atoms with van der Waals surface area (Å²) in [6, 6.07) is 15.3. The number of imide groups is 1. The zero-order chi connectivity index (χ0) is 18.1. The van der Waals surface area contributed by atoms with Crippen molar-refractivity contribution in [3.63, 3.8) is 0 Å². The number of quaternary nitrogens is 1. The molecular weight excluding hydrogens is 342 g/mol. The molecule has 0 fully saturated rings.